The standard InChI is InChI=1S/C45H73N13O11S3/c1-44(2,3)71-22-30-40(68)54-26(16-12-18-50-43(48)49)36(64)51-21-32(59)53-29(20-34(61)62)38(66)57-31(23-72-45(4,5)6)41(69)55-28(19-25-13-8-7-9-14-25)39(67)58-42(35(47)63)70-24-33(60)52-27(37(65)56-30)15-10-11-17-46/h7-9,13-14,26-31,42H,10-12,15-24,46H2,1-6H3,(H2,47,63)(H,51,64)(H,52,60)(H,53,59)(H,54,68)(H,55,69)(H,56,65)(H,57,66)(H,58,67)(H,61,62)(H4,48,49,50)/t26-,27-,28-,29-,30-,31?,42-/m0/s1. The SMILES string of the molecule is CC(C)(C)SCC1NC(=O)[C@H](CC(=O)O)NC(=O)CNC(=O)[C@H](CCCN=C(N)N)NC(=O)[C@H](CSC(C)(C)C)NC(=O)[C@H](CCCCN)NC(=O)CS[C@@H](C(N)=O)NC(=O)[C@H](Cc2ccccc2)NC1=O. The molecule has 2 rings (SSSR count). The average molecular weight is 1070 g/mol. The predicted molar refractivity (Wildman–Crippen MR) is 278 cm³/mol. The summed E-state index contributed by atoms with van der Waals surface area (Å²) < 4.78 is -0.893. The van der Waals surface area contributed by atoms with E-state index in [-0.39, 0.29) is 56.2 Å². The third-order valence-electron chi connectivity index (χ3n) is 10.1. The summed E-state index contributed by atoms with van der Waals surface area (Å²) in [5, 5.41) is 28.5. The number of primary amides is 1. The molecule has 17 N–H and O–H groups in total. The normalized spacial score (nSPS) is 23.1. The van der Waals surface area contributed by atoms with Gasteiger partial charge >= 0.3 is 5.97 Å². The van der Waals surface area contributed by atoms with E-state index >= 15 is 0 Å². The van der Waals surface area contributed by atoms with Crippen molar-refractivity contribution in [1.82, 2.24) is 42.5 Å². The molecule has 1 aliphatic rings. The number of nitrogens with one attached hydrogen (secondary N) is 8. The highest BCUT2D eigenvalue weighted by molar-refractivity contribution is 8.01. The minimum absolute atomic E-state index is 0.000370. The Balaban J connectivity index is 2.74. The van der Waals surface area contributed by atoms with E-state index in [9.17, 15) is 53.1 Å². The number of amides is 9. The average Bonchev–Trinajstić information content (AvgIpc) is 3.28. The molecule has 402 valence electrons. The van der Waals surface area contributed by atoms with Crippen molar-refractivity contribution in [2.75, 3.05) is 36.9 Å². The fourth-order valence-corrected chi connectivity index (χ4v) is 9.02. The molecule has 7 atom stereocenters. The number of carboxylic acid groups (broad SMARTS) is 1. The highest BCUT2D eigenvalue weighted by Crippen LogP contribution is 2.25. The first-order valence-electron chi connectivity index (χ1n) is 23.3. The van der Waals surface area contributed by atoms with Crippen molar-refractivity contribution in [2.24, 2.45) is 27.9 Å². The molecule has 1 heterocycles. The Labute approximate surface area is 432 Å². The molecule has 0 saturated carbocycles. The number of hydrogen-bond donors (Lipinski definition) is 13. The third-order valence-corrected chi connectivity index (χ3v) is 13.9. The number of aliphatic carboxylic acids is 1. The molecular weight excluding hydrogens is 995 g/mol. The molecule has 0 aliphatic carbocycles. The summed E-state index contributed by atoms with van der Waals surface area (Å²) in [6.07, 6.45) is -0.0598. The second kappa shape index (κ2) is 30.9. The first kappa shape index (κ1) is 62.3. The van der Waals surface area contributed by atoms with E-state index in [0.29, 0.717) is 30.2 Å². The van der Waals surface area contributed by atoms with Crippen LogP contribution in [-0.4, -0.2) is 158 Å². The number of carboxylic acids is 1. The largest absolute Gasteiger partial charge is 0.481 e. The minimum atomic E-state index is -1.78. The molecule has 0 spiro atoms. The maximum absolute atomic E-state index is 14.2. The fraction of sp³-hybridized carbons (Fsp3) is 0.622. The van der Waals surface area contributed by atoms with Gasteiger partial charge in [-0.3, -0.25) is 52.9 Å². The molecule has 24 nitrogen and oxygen atoms in total. The Kier molecular flexibility index (Phi) is 26.8. The number of nitrogens with two attached hydrogens (primary N) is 4. The van der Waals surface area contributed by atoms with Crippen molar-refractivity contribution in [3.63, 3.8) is 0 Å². The highest BCUT2D eigenvalue weighted by Gasteiger charge is 2.35. The van der Waals surface area contributed by atoms with Crippen molar-refractivity contribution in [2.45, 2.75) is 138 Å². The molecule has 0 bridgehead atoms. The Bertz CT molecular complexity index is 2070. The number of thioether (sulfide) groups is 3. The molecule has 1 aromatic rings. The van der Waals surface area contributed by atoms with Crippen molar-refractivity contribution < 1.29 is 53.1 Å². The van der Waals surface area contributed by atoms with Crippen LogP contribution in [0.2, 0.25) is 0 Å². The lowest BCUT2D eigenvalue weighted by atomic mass is 10.0. The van der Waals surface area contributed by atoms with Crippen LogP contribution >= 0.6 is 35.3 Å². The number of carbonyl (C=O) groups excluding carboxylic acids is 9. The second-order valence-electron chi connectivity index (χ2n) is 18.7. The zero-order valence-electron chi connectivity index (χ0n) is 41.6. The summed E-state index contributed by atoms with van der Waals surface area (Å²) in [6.45, 7) is 10.7. The van der Waals surface area contributed by atoms with Gasteiger partial charge in [-0.2, -0.15) is 23.5 Å². The summed E-state index contributed by atoms with van der Waals surface area (Å²) >= 11 is 3.20. The van der Waals surface area contributed by atoms with Crippen LogP contribution in [-0.2, 0) is 54.4 Å². The van der Waals surface area contributed by atoms with Gasteiger partial charge in [-0.05, 0) is 44.2 Å². The van der Waals surface area contributed by atoms with Crippen molar-refractivity contribution in [3.05, 3.63) is 35.9 Å². The number of benzene rings is 1. The molecule has 72 heavy (non-hydrogen) atoms. The highest BCUT2D eigenvalue weighted by atomic mass is 32.2. The van der Waals surface area contributed by atoms with Gasteiger partial charge in [0.05, 0.1) is 18.7 Å². The van der Waals surface area contributed by atoms with E-state index < -0.39 is 129 Å². The van der Waals surface area contributed by atoms with Crippen LogP contribution in [0.15, 0.2) is 35.3 Å². The third kappa shape index (κ3) is 25.5. The van der Waals surface area contributed by atoms with Gasteiger partial charge in [-0.15, -0.1) is 11.8 Å². The lowest BCUT2D eigenvalue weighted by Gasteiger charge is -2.28. The van der Waals surface area contributed by atoms with Crippen LogP contribution in [0.1, 0.15) is 85.6 Å². The summed E-state index contributed by atoms with van der Waals surface area (Å²) in [6, 6.07) is -0.0101. The lowest BCUT2D eigenvalue weighted by molar-refractivity contribution is -0.141. The Morgan fingerprint density at radius 1 is 0.639 bits per heavy atom. The molecule has 1 fully saturated rings. The van der Waals surface area contributed by atoms with Gasteiger partial charge in [0.1, 0.15) is 36.3 Å². The molecule has 27 heteroatoms. The van der Waals surface area contributed by atoms with Gasteiger partial charge in [0.2, 0.25) is 47.3 Å². The molecule has 0 aromatic heterocycles. The van der Waals surface area contributed by atoms with E-state index in [2.05, 4.69) is 47.5 Å². The molecule has 1 aliphatic heterocycles. The Morgan fingerprint density at radius 3 is 1.65 bits per heavy atom. The summed E-state index contributed by atoms with van der Waals surface area (Å²) in [5.74, 6) is -10.5. The maximum atomic E-state index is 14.2. The monoisotopic (exact) mass is 1070 g/mol. The zero-order chi connectivity index (χ0) is 54.2. The number of carbonyl (C=O) groups is 10. The van der Waals surface area contributed by atoms with Crippen molar-refractivity contribution in [3.8, 4) is 0 Å². The number of nitrogens with zero attached hydrogens (tertiary/aromatic N) is 1. The number of rotatable bonds is 17. The summed E-state index contributed by atoms with van der Waals surface area (Å²) in [5.41, 5.74) is 23.0. The van der Waals surface area contributed by atoms with Crippen LogP contribution in [0.4, 0.5) is 0 Å². The number of hydrogen-bond acceptors (Lipinski definition) is 15. The number of unbranched alkanes of at least 4 members (excludes halogenated alkanes) is 1. The predicted octanol–water partition coefficient (Wildman–Crippen LogP) is -2.35. The van der Waals surface area contributed by atoms with Gasteiger partial charge in [-0.25, -0.2) is 0 Å². The van der Waals surface area contributed by atoms with Gasteiger partial charge in [-0.1, -0.05) is 71.9 Å². The minimum Gasteiger partial charge on any atom is -0.481 e. The summed E-state index contributed by atoms with van der Waals surface area (Å²) in [7, 11) is 0. The van der Waals surface area contributed by atoms with Crippen LogP contribution in [0.5, 0.6) is 0 Å². The first-order chi connectivity index (χ1) is 33.7. The van der Waals surface area contributed by atoms with E-state index in [1.807, 2.05) is 41.5 Å². The topological polar surface area (TPSA) is 404 Å². The fourth-order valence-electron chi connectivity index (χ4n) is 6.45. The van der Waals surface area contributed by atoms with Crippen LogP contribution < -0.4 is 65.5 Å². The number of aliphatic imine (C=N–C) groups is 1. The smallest absolute Gasteiger partial charge is 0.305 e. The maximum Gasteiger partial charge on any atom is 0.305 e. The van der Waals surface area contributed by atoms with Crippen molar-refractivity contribution in [1.29, 1.82) is 0 Å². The second-order valence-corrected chi connectivity index (χ2v) is 23.5. The lowest BCUT2D eigenvalue weighted by Crippen LogP contribution is -2.60. The summed E-state index contributed by atoms with van der Waals surface area (Å²) in [4.78, 5) is 140. The van der Waals surface area contributed by atoms with Crippen LogP contribution in [0, 0.1) is 0 Å². The van der Waals surface area contributed by atoms with E-state index in [1.165, 1.54) is 23.5 Å². The molecule has 1 unspecified atom stereocenters. The van der Waals surface area contributed by atoms with Gasteiger partial charge < -0.3 is 70.6 Å². The Hall–Kier alpha value is -5.80. The quantitative estimate of drug-likeness (QED) is 0.0441. The van der Waals surface area contributed by atoms with Gasteiger partial charge in [0.25, 0.3) is 5.91 Å². The van der Waals surface area contributed by atoms with E-state index in [4.69, 9.17) is 22.9 Å². The molecule has 9 amide bonds. The van der Waals surface area contributed by atoms with Crippen LogP contribution in [0.25, 0.3) is 0 Å². The molecule has 0 radical (unpaired) electrons. The van der Waals surface area contributed by atoms with Crippen LogP contribution in [0.3, 0.4) is 0 Å². The molecule has 1 saturated heterocycles. The van der Waals surface area contributed by atoms with Gasteiger partial charge in [0, 0.05) is 34.0 Å². The van der Waals surface area contributed by atoms with E-state index in [0.717, 1.165) is 0 Å². The Morgan fingerprint density at radius 2 is 1.12 bits per heavy atom. The zero-order valence-corrected chi connectivity index (χ0v) is 44.1. The molecule has 1 aromatic carbocycles. The first-order valence-corrected chi connectivity index (χ1v) is 26.3. The number of guanidine groups is 1. The molecular formula is C45H73N13O11S3. The van der Waals surface area contributed by atoms with Crippen molar-refractivity contribution >= 4 is 100 Å². The van der Waals surface area contributed by atoms with E-state index in [1.54, 1.807) is 30.3 Å². The van der Waals surface area contributed by atoms with Gasteiger partial charge in [0.15, 0.2) is 11.3 Å².